The highest BCUT2D eigenvalue weighted by Crippen LogP contribution is 2.27. The fourth-order valence-electron chi connectivity index (χ4n) is 3.13. The molecule has 4 rings (SSSR count). The maximum absolute atomic E-state index is 13.0. The number of benzene rings is 3. The Labute approximate surface area is 138 Å². The second-order valence-electron chi connectivity index (χ2n) is 5.56. The quantitative estimate of drug-likeness (QED) is 0.584. The van der Waals surface area contributed by atoms with Gasteiger partial charge in [0.2, 0.25) is 0 Å². The van der Waals surface area contributed by atoms with Gasteiger partial charge in [-0.3, -0.25) is 9.36 Å². The van der Waals surface area contributed by atoms with Crippen LogP contribution < -0.4 is 11.3 Å². The fourth-order valence-corrected chi connectivity index (χ4v) is 3.13. The topological polar surface area (TPSA) is 71.8 Å². The van der Waals surface area contributed by atoms with E-state index < -0.39 is 0 Å². The van der Waals surface area contributed by atoms with Gasteiger partial charge in [0.05, 0.1) is 5.69 Å². The summed E-state index contributed by atoms with van der Waals surface area (Å²) in [5.41, 5.74) is 7.00. The van der Waals surface area contributed by atoms with Gasteiger partial charge in [0.1, 0.15) is 17.5 Å². The van der Waals surface area contributed by atoms with E-state index in [2.05, 4.69) is 6.07 Å². The first-order chi connectivity index (χ1) is 11.7. The standard InChI is InChI=1S/C20H13N3O/c21-12-17-15-9-3-4-10-16(15)20(24)23(19(17)22)18-11-5-7-13-6-1-2-8-14(13)18/h1-11H,22H2. The summed E-state index contributed by atoms with van der Waals surface area (Å²) in [6, 6.07) is 22.7. The van der Waals surface area contributed by atoms with Gasteiger partial charge in [-0.25, -0.2) is 0 Å². The van der Waals surface area contributed by atoms with Crippen molar-refractivity contribution < 1.29 is 0 Å². The third kappa shape index (κ3) is 1.89. The lowest BCUT2D eigenvalue weighted by Gasteiger charge is -2.15. The van der Waals surface area contributed by atoms with Crippen LogP contribution in [-0.4, -0.2) is 4.57 Å². The number of nitrogen functional groups attached to an aromatic ring is 1. The van der Waals surface area contributed by atoms with Crippen molar-refractivity contribution in [3.05, 3.63) is 82.6 Å². The van der Waals surface area contributed by atoms with Crippen molar-refractivity contribution in [2.75, 3.05) is 5.73 Å². The molecule has 0 aliphatic rings. The SMILES string of the molecule is N#Cc1c(N)n(-c2cccc3ccccc23)c(=O)c2ccccc12. The predicted molar refractivity (Wildman–Crippen MR) is 96.2 cm³/mol. The van der Waals surface area contributed by atoms with Gasteiger partial charge in [-0.15, -0.1) is 0 Å². The number of nitriles is 1. The zero-order chi connectivity index (χ0) is 16.7. The molecule has 3 aromatic carbocycles. The molecule has 2 N–H and O–H groups in total. The largest absolute Gasteiger partial charge is 0.384 e. The molecule has 0 bridgehead atoms. The Hall–Kier alpha value is -3.58. The van der Waals surface area contributed by atoms with E-state index in [4.69, 9.17) is 5.73 Å². The fraction of sp³-hybridized carbons (Fsp3) is 0. The van der Waals surface area contributed by atoms with Crippen LogP contribution in [0.2, 0.25) is 0 Å². The molecule has 4 aromatic rings. The van der Waals surface area contributed by atoms with Gasteiger partial charge in [-0.1, -0.05) is 54.6 Å². The molecule has 0 aliphatic heterocycles. The molecule has 0 spiro atoms. The molecule has 1 heterocycles. The van der Waals surface area contributed by atoms with E-state index in [1.54, 1.807) is 24.3 Å². The number of hydrogen-bond donors (Lipinski definition) is 1. The van der Waals surface area contributed by atoms with Gasteiger partial charge in [0.25, 0.3) is 5.56 Å². The highest BCUT2D eigenvalue weighted by atomic mass is 16.1. The average Bonchev–Trinajstić information content (AvgIpc) is 2.62. The number of pyridine rings is 1. The molecular weight excluding hydrogens is 298 g/mol. The summed E-state index contributed by atoms with van der Waals surface area (Å²) in [4.78, 5) is 13.0. The van der Waals surface area contributed by atoms with Gasteiger partial charge in [-0.05, 0) is 17.5 Å². The van der Waals surface area contributed by atoms with Crippen molar-refractivity contribution in [1.29, 1.82) is 5.26 Å². The first kappa shape index (κ1) is 14.0. The molecule has 0 saturated heterocycles. The van der Waals surface area contributed by atoms with E-state index in [9.17, 15) is 10.1 Å². The van der Waals surface area contributed by atoms with Crippen LogP contribution >= 0.6 is 0 Å². The first-order valence-corrected chi connectivity index (χ1v) is 7.54. The predicted octanol–water partition coefficient (Wildman–Crippen LogP) is 3.60. The maximum atomic E-state index is 13.0. The third-order valence-electron chi connectivity index (χ3n) is 4.25. The third-order valence-corrected chi connectivity index (χ3v) is 4.25. The van der Waals surface area contributed by atoms with E-state index in [1.807, 2.05) is 42.5 Å². The van der Waals surface area contributed by atoms with Crippen LogP contribution in [0.5, 0.6) is 0 Å². The molecule has 0 saturated carbocycles. The van der Waals surface area contributed by atoms with Crippen LogP contribution in [0.25, 0.3) is 27.2 Å². The number of hydrogen-bond acceptors (Lipinski definition) is 3. The molecule has 24 heavy (non-hydrogen) atoms. The van der Waals surface area contributed by atoms with Crippen LogP contribution in [0.3, 0.4) is 0 Å². The average molecular weight is 311 g/mol. The molecular formula is C20H13N3O. The summed E-state index contributed by atoms with van der Waals surface area (Å²) in [5, 5.41) is 12.5. The van der Waals surface area contributed by atoms with E-state index in [1.165, 1.54) is 4.57 Å². The minimum Gasteiger partial charge on any atom is -0.384 e. The highest BCUT2D eigenvalue weighted by molar-refractivity contribution is 5.94. The number of anilines is 1. The highest BCUT2D eigenvalue weighted by Gasteiger charge is 2.16. The Morgan fingerprint density at radius 2 is 1.46 bits per heavy atom. The lowest BCUT2D eigenvalue weighted by atomic mass is 10.0. The number of aromatic nitrogens is 1. The smallest absolute Gasteiger partial charge is 0.264 e. The zero-order valence-electron chi connectivity index (χ0n) is 12.7. The van der Waals surface area contributed by atoms with Crippen molar-refractivity contribution in [1.82, 2.24) is 4.57 Å². The van der Waals surface area contributed by atoms with Crippen molar-refractivity contribution in [2.45, 2.75) is 0 Å². The lowest BCUT2D eigenvalue weighted by molar-refractivity contribution is 1.03. The van der Waals surface area contributed by atoms with Gasteiger partial charge in [-0.2, -0.15) is 5.26 Å². The van der Waals surface area contributed by atoms with Crippen molar-refractivity contribution in [2.24, 2.45) is 0 Å². The minimum atomic E-state index is -0.224. The van der Waals surface area contributed by atoms with Crippen LogP contribution in [0, 0.1) is 11.3 Å². The number of nitrogens with two attached hydrogens (primary N) is 1. The second kappa shape index (κ2) is 5.25. The van der Waals surface area contributed by atoms with Gasteiger partial charge < -0.3 is 5.73 Å². The van der Waals surface area contributed by atoms with Crippen molar-refractivity contribution in [3.8, 4) is 11.8 Å². The molecule has 4 nitrogen and oxygen atoms in total. The Bertz CT molecular complexity index is 1190. The number of rotatable bonds is 1. The zero-order valence-corrected chi connectivity index (χ0v) is 12.7. The van der Waals surface area contributed by atoms with Crippen LogP contribution in [0.15, 0.2) is 71.5 Å². The molecule has 0 fully saturated rings. The lowest BCUT2D eigenvalue weighted by Crippen LogP contribution is -2.23. The molecule has 0 unspecified atom stereocenters. The summed E-state index contributed by atoms with van der Waals surface area (Å²) >= 11 is 0. The van der Waals surface area contributed by atoms with Crippen LogP contribution in [0.4, 0.5) is 5.82 Å². The van der Waals surface area contributed by atoms with E-state index in [-0.39, 0.29) is 11.4 Å². The molecule has 114 valence electrons. The molecule has 1 aromatic heterocycles. The first-order valence-electron chi connectivity index (χ1n) is 7.54. The van der Waals surface area contributed by atoms with Crippen LogP contribution in [-0.2, 0) is 0 Å². The minimum absolute atomic E-state index is 0.164. The van der Waals surface area contributed by atoms with Crippen molar-refractivity contribution >= 4 is 27.4 Å². The molecule has 0 atom stereocenters. The number of nitrogens with zero attached hydrogens (tertiary/aromatic N) is 2. The Morgan fingerprint density at radius 1 is 0.833 bits per heavy atom. The summed E-state index contributed by atoms with van der Waals surface area (Å²) in [5.74, 6) is 0.164. The monoisotopic (exact) mass is 311 g/mol. The van der Waals surface area contributed by atoms with E-state index >= 15 is 0 Å². The molecule has 4 heteroatoms. The summed E-state index contributed by atoms with van der Waals surface area (Å²) in [6.07, 6.45) is 0. The van der Waals surface area contributed by atoms with E-state index in [0.29, 0.717) is 22.0 Å². The molecule has 0 aliphatic carbocycles. The van der Waals surface area contributed by atoms with Gasteiger partial charge >= 0.3 is 0 Å². The maximum Gasteiger partial charge on any atom is 0.264 e. The Kier molecular flexibility index (Phi) is 3.07. The summed E-state index contributed by atoms with van der Waals surface area (Å²) < 4.78 is 1.43. The normalized spacial score (nSPS) is 10.8. The second-order valence-corrected chi connectivity index (χ2v) is 5.56. The molecule has 0 amide bonds. The molecule has 0 radical (unpaired) electrons. The number of fused-ring (bicyclic) bond motifs is 2. The van der Waals surface area contributed by atoms with E-state index in [0.717, 1.165) is 10.8 Å². The van der Waals surface area contributed by atoms with Gasteiger partial charge in [0.15, 0.2) is 0 Å². The van der Waals surface area contributed by atoms with Crippen molar-refractivity contribution in [3.63, 3.8) is 0 Å². The summed E-state index contributed by atoms with van der Waals surface area (Å²) in [6.45, 7) is 0. The van der Waals surface area contributed by atoms with Crippen LogP contribution in [0.1, 0.15) is 5.56 Å². The van der Waals surface area contributed by atoms with Gasteiger partial charge in [0, 0.05) is 16.2 Å². The Balaban J connectivity index is 2.22. The Morgan fingerprint density at radius 3 is 2.21 bits per heavy atom. The summed E-state index contributed by atoms with van der Waals surface area (Å²) in [7, 11) is 0.